The zero-order valence-corrected chi connectivity index (χ0v) is 11.4. The Morgan fingerprint density at radius 1 is 1.35 bits per heavy atom. The van der Waals surface area contributed by atoms with Gasteiger partial charge in [0.15, 0.2) is 5.78 Å². The number of ketones is 1. The van der Waals surface area contributed by atoms with Crippen molar-refractivity contribution < 1.29 is 18.7 Å². The van der Waals surface area contributed by atoms with E-state index in [9.17, 15) is 9.18 Å². The molecule has 20 heavy (non-hydrogen) atoms. The molecule has 0 radical (unpaired) electrons. The summed E-state index contributed by atoms with van der Waals surface area (Å²) in [5.74, 6) is -0.237. The third kappa shape index (κ3) is 2.55. The van der Waals surface area contributed by atoms with Crippen LogP contribution < -0.4 is 10.1 Å². The molecule has 2 atom stereocenters. The van der Waals surface area contributed by atoms with Gasteiger partial charge in [-0.25, -0.2) is 4.39 Å². The van der Waals surface area contributed by atoms with Crippen LogP contribution in [-0.2, 0) is 4.74 Å². The predicted octanol–water partition coefficient (Wildman–Crippen LogP) is 1.78. The van der Waals surface area contributed by atoms with Crippen molar-refractivity contribution >= 4 is 5.78 Å². The first-order chi connectivity index (χ1) is 9.67. The molecule has 108 valence electrons. The molecule has 0 saturated carbocycles. The second-order valence-electron chi connectivity index (χ2n) is 5.48. The summed E-state index contributed by atoms with van der Waals surface area (Å²) in [6.45, 7) is 1.25. The maximum atomic E-state index is 13.9. The van der Waals surface area contributed by atoms with Gasteiger partial charge in [0.25, 0.3) is 0 Å². The van der Waals surface area contributed by atoms with Gasteiger partial charge in [0.05, 0.1) is 25.9 Å². The van der Waals surface area contributed by atoms with Crippen LogP contribution in [0.1, 0.15) is 23.2 Å². The molecule has 2 aliphatic heterocycles. The van der Waals surface area contributed by atoms with Crippen molar-refractivity contribution in [1.29, 1.82) is 0 Å². The highest BCUT2D eigenvalue weighted by molar-refractivity contribution is 5.98. The van der Waals surface area contributed by atoms with Crippen LogP contribution in [0.5, 0.6) is 5.75 Å². The lowest BCUT2D eigenvalue weighted by Gasteiger charge is -2.39. The van der Waals surface area contributed by atoms with E-state index in [4.69, 9.17) is 9.47 Å². The third-order valence-corrected chi connectivity index (χ3v) is 4.06. The molecule has 1 aromatic carbocycles. The van der Waals surface area contributed by atoms with Crippen LogP contribution in [0.3, 0.4) is 0 Å². The number of hydrogen-bond acceptors (Lipinski definition) is 4. The van der Waals surface area contributed by atoms with Gasteiger partial charge in [-0.1, -0.05) is 0 Å². The number of rotatable bonds is 3. The number of carbonyl (C=O) groups is 1. The van der Waals surface area contributed by atoms with Crippen LogP contribution in [0.25, 0.3) is 0 Å². The maximum absolute atomic E-state index is 13.9. The Balaban J connectivity index is 1.81. The average Bonchev–Trinajstić information content (AvgIpc) is 2.46. The SMILES string of the molecule is COc1ccc(F)c(C(=O)C2CC3COCC(C2)N3)c1. The summed E-state index contributed by atoms with van der Waals surface area (Å²) in [5, 5.41) is 3.43. The number of Topliss-reactive ketones (excluding diaryl/α,β-unsaturated/α-hetero) is 1. The highest BCUT2D eigenvalue weighted by Gasteiger charge is 2.36. The maximum Gasteiger partial charge on any atom is 0.169 e. The Bertz CT molecular complexity index is 508. The van der Waals surface area contributed by atoms with Crippen LogP contribution in [0.2, 0.25) is 0 Å². The van der Waals surface area contributed by atoms with Gasteiger partial charge in [-0.2, -0.15) is 0 Å². The smallest absolute Gasteiger partial charge is 0.169 e. The van der Waals surface area contributed by atoms with E-state index in [1.54, 1.807) is 0 Å². The van der Waals surface area contributed by atoms with E-state index in [0.29, 0.717) is 31.8 Å². The number of benzene rings is 1. The van der Waals surface area contributed by atoms with E-state index in [0.717, 1.165) is 0 Å². The lowest BCUT2D eigenvalue weighted by Crippen LogP contribution is -2.55. The highest BCUT2D eigenvalue weighted by Crippen LogP contribution is 2.29. The van der Waals surface area contributed by atoms with E-state index in [-0.39, 0.29) is 29.3 Å². The van der Waals surface area contributed by atoms with Gasteiger partial charge in [0.2, 0.25) is 0 Å². The number of morpholine rings is 1. The molecular formula is C15H18FNO3. The molecule has 0 spiro atoms. The number of nitrogens with one attached hydrogen (secondary N) is 1. The van der Waals surface area contributed by atoms with Crippen molar-refractivity contribution in [2.24, 2.45) is 5.92 Å². The quantitative estimate of drug-likeness (QED) is 0.857. The second kappa shape index (κ2) is 5.50. The molecule has 2 heterocycles. The van der Waals surface area contributed by atoms with Crippen LogP contribution in [0, 0.1) is 11.7 Å². The van der Waals surface area contributed by atoms with Crippen molar-refractivity contribution in [3.05, 3.63) is 29.6 Å². The van der Waals surface area contributed by atoms with Crippen LogP contribution >= 0.6 is 0 Å². The molecule has 2 unspecified atom stereocenters. The summed E-state index contributed by atoms with van der Waals surface area (Å²) in [6.07, 6.45) is 1.40. The predicted molar refractivity (Wildman–Crippen MR) is 71.5 cm³/mol. The number of fused-ring (bicyclic) bond motifs is 2. The van der Waals surface area contributed by atoms with Gasteiger partial charge in [-0.05, 0) is 31.0 Å². The minimum Gasteiger partial charge on any atom is -0.497 e. The first kappa shape index (κ1) is 13.5. The molecule has 2 aliphatic rings. The molecule has 1 aromatic rings. The zero-order valence-electron chi connectivity index (χ0n) is 11.4. The van der Waals surface area contributed by atoms with Crippen LogP contribution in [0.15, 0.2) is 18.2 Å². The molecule has 4 nitrogen and oxygen atoms in total. The number of halogens is 1. The molecule has 2 fully saturated rings. The average molecular weight is 279 g/mol. The highest BCUT2D eigenvalue weighted by atomic mass is 19.1. The molecule has 2 saturated heterocycles. The van der Waals surface area contributed by atoms with Gasteiger partial charge in [-0.15, -0.1) is 0 Å². The Morgan fingerprint density at radius 3 is 2.70 bits per heavy atom. The molecule has 3 rings (SSSR count). The van der Waals surface area contributed by atoms with E-state index < -0.39 is 5.82 Å². The standard InChI is InChI=1S/C15H18FNO3/c1-19-12-2-3-14(16)13(6-12)15(18)9-4-10-7-20-8-11(5-9)17-10/h2-3,6,9-11,17H,4-5,7-8H2,1H3. The first-order valence-corrected chi connectivity index (χ1v) is 6.89. The topological polar surface area (TPSA) is 47.6 Å². The lowest BCUT2D eigenvalue weighted by atomic mass is 9.82. The Morgan fingerprint density at radius 2 is 2.05 bits per heavy atom. The van der Waals surface area contributed by atoms with Crippen LogP contribution in [-0.4, -0.2) is 38.2 Å². The van der Waals surface area contributed by atoms with Gasteiger partial charge in [-0.3, -0.25) is 4.79 Å². The molecule has 5 heteroatoms. The minimum absolute atomic E-state index is 0.125. The van der Waals surface area contributed by atoms with E-state index in [2.05, 4.69) is 5.32 Å². The summed E-state index contributed by atoms with van der Waals surface area (Å²) >= 11 is 0. The monoisotopic (exact) mass is 279 g/mol. The summed E-state index contributed by atoms with van der Waals surface area (Å²) in [4.78, 5) is 12.6. The fourth-order valence-electron chi connectivity index (χ4n) is 3.09. The normalized spacial score (nSPS) is 29.0. The first-order valence-electron chi connectivity index (χ1n) is 6.89. The van der Waals surface area contributed by atoms with Gasteiger partial charge >= 0.3 is 0 Å². The number of methoxy groups -OCH3 is 1. The molecule has 2 bridgehead atoms. The second-order valence-corrected chi connectivity index (χ2v) is 5.48. The Hall–Kier alpha value is -1.46. The molecular weight excluding hydrogens is 261 g/mol. The third-order valence-electron chi connectivity index (χ3n) is 4.06. The summed E-state index contributed by atoms with van der Waals surface area (Å²) in [5.41, 5.74) is 0.134. The Labute approximate surface area is 117 Å². The zero-order chi connectivity index (χ0) is 14.1. The van der Waals surface area contributed by atoms with E-state index in [1.807, 2.05) is 0 Å². The van der Waals surface area contributed by atoms with Crippen molar-refractivity contribution in [3.8, 4) is 5.75 Å². The lowest BCUT2D eigenvalue weighted by molar-refractivity contribution is 0.00945. The molecule has 0 amide bonds. The van der Waals surface area contributed by atoms with Gasteiger partial charge in [0.1, 0.15) is 11.6 Å². The largest absolute Gasteiger partial charge is 0.497 e. The number of ether oxygens (including phenoxy) is 2. The summed E-state index contributed by atoms with van der Waals surface area (Å²) in [7, 11) is 1.51. The van der Waals surface area contributed by atoms with Crippen molar-refractivity contribution in [2.75, 3.05) is 20.3 Å². The Kier molecular flexibility index (Phi) is 3.72. The molecule has 0 aliphatic carbocycles. The van der Waals surface area contributed by atoms with Crippen LogP contribution in [0.4, 0.5) is 4.39 Å². The summed E-state index contributed by atoms with van der Waals surface area (Å²) < 4.78 is 24.4. The van der Waals surface area contributed by atoms with Gasteiger partial charge < -0.3 is 14.8 Å². The van der Waals surface area contributed by atoms with Gasteiger partial charge in [0, 0.05) is 18.0 Å². The minimum atomic E-state index is -0.476. The fraction of sp³-hybridized carbons (Fsp3) is 0.533. The summed E-state index contributed by atoms with van der Waals surface area (Å²) in [6, 6.07) is 4.70. The number of hydrogen-bond donors (Lipinski definition) is 1. The number of carbonyl (C=O) groups excluding carboxylic acids is 1. The van der Waals surface area contributed by atoms with Crippen molar-refractivity contribution in [2.45, 2.75) is 24.9 Å². The molecule has 0 aromatic heterocycles. The van der Waals surface area contributed by atoms with Crippen molar-refractivity contribution in [1.82, 2.24) is 5.32 Å². The van der Waals surface area contributed by atoms with Crippen molar-refractivity contribution in [3.63, 3.8) is 0 Å². The number of piperidine rings is 1. The molecule has 1 N–H and O–H groups in total. The van der Waals surface area contributed by atoms with E-state index >= 15 is 0 Å². The van der Waals surface area contributed by atoms with E-state index in [1.165, 1.54) is 25.3 Å². The fourth-order valence-corrected chi connectivity index (χ4v) is 3.09.